The number of aliphatic hydroxyl groups is 1. The van der Waals surface area contributed by atoms with Crippen LogP contribution in [0.5, 0.6) is 0 Å². The molecule has 92 valence electrons. The molecule has 2 heterocycles. The van der Waals surface area contributed by atoms with Gasteiger partial charge in [0.2, 0.25) is 0 Å². The van der Waals surface area contributed by atoms with Gasteiger partial charge in [0.25, 0.3) is 0 Å². The fraction of sp³-hybridized carbons (Fsp3) is 0.643. The molecule has 0 aromatic carbocycles. The van der Waals surface area contributed by atoms with Gasteiger partial charge in [0.05, 0.1) is 19.3 Å². The normalized spacial score (nSPS) is 31.8. The third kappa shape index (κ3) is 1.87. The number of nitrogens with zero attached hydrogens (tertiary/aromatic N) is 1. The van der Waals surface area contributed by atoms with Crippen molar-refractivity contribution in [3.05, 3.63) is 30.1 Å². The van der Waals surface area contributed by atoms with Gasteiger partial charge in [-0.2, -0.15) is 0 Å². The minimum atomic E-state index is -0.0817. The van der Waals surface area contributed by atoms with Gasteiger partial charge in [-0.1, -0.05) is 0 Å². The van der Waals surface area contributed by atoms with Crippen LogP contribution in [-0.2, 0) is 10.2 Å². The van der Waals surface area contributed by atoms with Crippen LogP contribution in [0.1, 0.15) is 31.2 Å². The quantitative estimate of drug-likeness (QED) is 0.848. The molecule has 3 nitrogen and oxygen atoms in total. The van der Waals surface area contributed by atoms with Gasteiger partial charge >= 0.3 is 0 Å². The molecule has 0 bridgehead atoms. The standard InChI is InChI=1S/C14H19NO2/c16-13-3-1-11(2-4-13)14(9-17-10-14)12-5-7-15-8-6-12/h5-8,11,13,16H,1-4,9-10H2. The minimum absolute atomic E-state index is 0.0817. The van der Waals surface area contributed by atoms with E-state index in [9.17, 15) is 5.11 Å². The molecule has 0 radical (unpaired) electrons. The van der Waals surface area contributed by atoms with Crippen LogP contribution in [-0.4, -0.2) is 29.4 Å². The zero-order chi connectivity index (χ0) is 11.7. The molecule has 0 atom stereocenters. The summed E-state index contributed by atoms with van der Waals surface area (Å²) in [6, 6.07) is 4.24. The highest BCUT2D eigenvalue weighted by Gasteiger charge is 2.47. The van der Waals surface area contributed by atoms with E-state index < -0.39 is 0 Å². The van der Waals surface area contributed by atoms with E-state index in [-0.39, 0.29) is 11.5 Å². The highest BCUT2D eigenvalue weighted by Crippen LogP contribution is 2.45. The summed E-state index contributed by atoms with van der Waals surface area (Å²) >= 11 is 0. The average Bonchev–Trinajstić information content (AvgIpc) is 2.32. The summed E-state index contributed by atoms with van der Waals surface area (Å²) in [6.07, 6.45) is 7.77. The molecular weight excluding hydrogens is 214 g/mol. The second-order valence-corrected chi connectivity index (χ2v) is 5.39. The predicted octanol–water partition coefficient (Wildman–Crippen LogP) is 1.90. The van der Waals surface area contributed by atoms with Gasteiger partial charge < -0.3 is 9.84 Å². The highest BCUT2D eigenvalue weighted by atomic mass is 16.5. The Hall–Kier alpha value is -0.930. The second-order valence-electron chi connectivity index (χ2n) is 5.39. The van der Waals surface area contributed by atoms with E-state index in [2.05, 4.69) is 17.1 Å². The van der Waals surface area contributed by atoms with Crippen LogP contribution in [0.3, 0.4) is 0 Å². The van der Waals surface area contributed by atoms with Gasteiger partial charge in [0.1, 0.15) is 0 Å². The van der Waals surface area contributed by atoms with Crippen molar-refractivity contribution < 1.29 is 9.84 Å². The van der Waals surface area contributed by atoms with Gasteiger partial charge in [-0.15, -0.1) is 0 Å². The maximum atomic E-state index is 9.61. The highest BCUT2D eigenvalue weighted by molar-refractivity contribution is 5.27. The summed E-state index contributed by atoms with van der Waals surface area (Å²) < 4.78 is 5.49. The van der Waals surface area contributed by atoms with Crippen molar-refractivity contribution in [3.8, 4) is 0 Å². The first-order valence-electron chi connectivity index (χ1n) is 6.47. The molecule has 0 unspecified atom stereocenters. The van der Waals surface area contributed by atoms with E-state index in [1.807, 2.05) is 12.4 Å². The zero-order valence-electron chi connectivity index (χ0n) is 10.0. The van der Waals surface area contributed by atoms with Gasteiger partial charge in [0, 0.05) is 17.8 Å². The molecule has 2 fully saturated rings. The van der Waals surface area contributed by atoms with Gasteiger partial charge in [-0.25, -0.2) is 0 Å². The molecule has 1 N–H and O–H groups in total. The van der Waals surface area contributed by atoms with E-state index >= 15 is 0 Å². The average molecular weight is 233 g/mol. The van der Waals surface area contributed by atoms with E-state index in [0.29, 0.717) is 5.92 Å². The van der Waals surface area contributed by atoms with Crippen molar-refractivity contribution in [1.29, 1.82) is 0 Å². The van der Waals surface area contributed by atoms with Crippen LogP contribution in [0.4, 0.5) is 0 Å². The van der Waals surface area contributed by atoms with Crippen LogP contribution in [0.2, 0.25) is 0 Å². The van der Waals surface area contributed by atoms with Crippen LogP contribution in [0.25, 0.3) is 0 Å². The van der Waals surface area contributed by atoms with Crippen LogP contribution < -0.4 is 0 Å². The fourth-order valence-corrected chi connectivity index (χ4v) is 3.27. The molecule has 0 amide bonds. The third-order valence-corrected chi connectivity index (χ3v) is 4.45. The molecule has 17 heavy (non-hydrogen) atoms. The molecule has 2 aliphatic rings. The molecule has 1 saturated heterocycles. The first kappa shape index (κ1) is 11.2. The molecular formula is C14H19NO2. The van der Waals surface area contributed by atoms with E-state index in [4.69, 9.17) is 4.74 Å². The Balaban J connectivity index is 1.83. The number of aromatic nitrogens is 1. The number of hydrogen-bond acceptors (Lipinski definition) is 3. The maximum Gasteiger partial charge on any atom is 0.0588 e. The lowest BCUT2D eigenvalue weighted by molar-refractivity contribution is -0.103. The van der Waals surface area contributed by atoms with Crippen molar-refractivity contribution in [2.24, 2.45) is 5.92 Å². The lowest BCUT2D eigenvalue weighted by Gasteiger charge is -2.49. The van der Waals surface area contributed by atoms with Crippen molar-refractivity contribution in [3.63, 3.8) is 0 Å². The minimum Gasteiger partial charge on any atom is -0.393 e. The van der Waals surface area contributed by atoms with Crippen molar-refractivity contribution in [2.45, 2.75) is 37.2 Å². The van der Waals surface area contributed by atoms with E-state index in [1.165, 1.54) is 5.56 Å². The molecule has 1 aliphatic carbocycles. The SMILES string of the molecule is OC1CCC(C2(c3ccncc3)COC2)CC1. The van der Waals surface area contributed by atoms with Gasteiger partial charge in [0.15, 0.2) is 0 Å². The topological polar surface area (TPSA) is 42.4 Å². The van der Waals surface area contributed by atoms with Crippen LogP contribution in [0.15, 0.2) is 24.5 Å². The van der Waals surface area contributed by atoms with Crippen molar-refractivity contribution >= 4 is 0 Å². The van der Waals surface area contributed by atoms with Crippen molar-refractivity contribution in [1.82, 2.24) is 4.98 Å². The molecule has 1 aromatic heterocycles. The summed E-state index contributed by atoms with van der Waals surface area (Å²) in [5, 5.41) is 9.61. The zero-order valence-corrected chi connectivity index (χ0v) is 10.0. The first-order valence-corrected chi connectivity index (χ1v) is 6.47. The lowest BCUT2D eigenvalue weighted by Crippen LogP contribution is -2.53. The second kappa shape index (κ2) is 4.39. The molecule has 1 aromatic rings. The largest absolute Gasteiger partial charge is 0.393 e. The van der Waals surface area contributed by atoms with Crippen molar-refractivity contribution in [2.75, 3.05) is 13.2 Å². The Morgan fingerprint density at radius 3 is 2.29 bits per heavy atom. The summed E-state index contributed by atoms with van der Waals surface area (Å²) in [5.74, 6) is 0.655. The smallest absolute Gasteiger partial charge is 0.0588 e. The Morgan fingerprint density at radius 1 is 1.12 bits per heavy atom. The summed E-state index contributed by atoms with van der Waals surface area (Å²) in [6.45, 7) is 1.66. The predicted molar refractivity (Wildman–Crippen MR) is 64.7 cm³/mol. The van der Waals surface area contributed by atoms with Crippen LogP contribution in [0, 0.1) is 5.92 Å². The lowest BCUT2D eigenvalue weighted by atomic mass is 9.63. The fourth-order valence-electron chi connectivity index (χ4n) is 3.27. The number of rotatable bonds is 2. The number of hydrogen-bond donors (Lipinski definition) is 1. The Morgan fingerprint density at radius 2 is 1.76 bits per heavy atom. The molecule has 0 spiro atoms. The molecule has 1 aliphatic heterocycles. The van der Waals surface area contributed by atoms with E-state index in [0.717, 1.165) is 38.9 Å². The van der Waals surface area contributed by atoms with Gasteiger partial charge in [-0.3, -0.25) is 4.98 Å². The molecule has 3 heteroatoms. The van der Waals surface area contributed by atoms with E-state index in [1.54, 1.807) is 0 Å². The Bertz CT molecular complexity index is 367. The monoisotopic (exact) mass is 233 g/mol. The first-order chi connectivity index (χ1) is 8.31. The summed E-state index contributed by atoms with van der Waals surface area (Å²) in [7, 11) is 0. The molecule has 1 saturated carbocycles. The Labute approximate surface area is 102 Å². The molecule has 3 rings (SSSR count). The number of aliphatic hydroxyl groups excluding tert-OH is 1. The number of pyridine rings is 1. The summed E-state index contributed by atoms with van der Waals surface area (Å²) in [4.78, 5) is 4.09. The third-order valence-electron chi connectivity index (χ3n) is 4.45. The maximum absolute atomic E-state index is 9.61. The Kier molecular flexibility index (Phi) is 2.89. The summed E-state index contributed by atoms with van der Waals surface area (Å²) in [5.41, 5.74) is 1.56. The van der Waals surface area contributed by atoms with Gasteiger partial charge in [-0.05, 0) is 49.3 Å². The number of ether oxygens (including phenoxy) is 1. The van der Waals surface area contributed by atoms with Crippen LogP contribution >= 0.6 is 0 Å².